The van der Waals surface area contributed by atoms with E-state index in [0.29, 0.717) is 5.69 Å². The molecule has 1 aromatic rings. The molecule has 1 amide bonds. The summed E-state index contributed by atoms with van der Waals surface area (Å²) in [4.78, 5) is 33.0. The normalized spacial score (nSPS) is 11.4. The number of carbonyl (C=O) groups is 3. The van der Waals surface area contributed by atoms with Gasteiger partial charge in [0.25, 0.3) is 5.91 Å². The average Bonchev–Trinajstić information content (AvgIpc) is 2.37. The average molecular weight is 263 g/mol. The Morgan fingerprint density at radius 1 is 1.16 bits per heavy atom. The third-order valence-electron chi connectivity index (χ3n) is 2.57. The summed E-state index contributed by atoms with van der Waals surface area (Å²) in [5.41, 5.74) is 0.388. The summed E-state index contributed by atoms with van der Waals surface area (Å²) in [5, 5.41) is 19.9. The van der Waals surface area contributed by atoms with Crippen LogP contribution >= 0.6 is 0 Å². The van der Waals surface area contributed by atoms with Crippen molar-refractivity contribution < 1.29 is 24.6 Å². The molecule has 0 spiro atoms. The van der Waals surface area contributed by atoms with Crippen molar-refractivity contribution >= 4 is 23.5 Å². The van der Waals surface area contributed by atoms with Gasteiger partial charge in [0, 0.05) is 11.3 Å². The van der Waals surface area contributed by atoms with Crippen LogP contribution in [0.15, 0.2) is 36.4 Å². The summed E-state index contributed by atoms with van der Waals surface area (Å²) < 4.78 is 0. The molecule has 0 aliphatic heterocycles. The highest BCUT2D eigenvalue weighted by Gasteiger charge is 2.20. The second kappa shape index (κ2) is 5.81. The Balaban J connectivity index is 2.74. The van der Waals surface area contributed by atoms with Gasteiger partial charge in [0.05, 0.1) is 11.5 Å². The summed E-state index contributed by atoms with van der Waals surface area (Å²) >= 11 is 0. The standard InChI is InChI=1S/C13H13NO5/c1-7(8(2)12(16)17)11(15)14-10-5-3-9(4-6-10)13(18)19/h3-6,8H,1H2,2H3,(H,14,15)(H,16,17)(H,18,19). The largest absolute Gasteiger partial charge is 0.481 e. The number of carboxylic acid groups (broad SMARTS) is 2. The first-order valence-electron chi connectivity index (χ1n) is 5.39. The van der Waals surface area contributed by atoms with Gasteiger partial charge in [-0.15, -0.1) is 0 Å². The van der Waals surface area contributed by atoms with Gasteiger partial charge in [0.15, 0.2) is 0 Å². The number of aliphatic carboxylic acids is 1. The zero-order valence-corrected chi connectivity index (χ0v) is 10.2. The predicted octanol–water partition coefficient (Wildman–Crippen LogP) is 1.60. The van der Waals surface area contributed by atoms with Crippen LogP contribution in [0.25, 0.3) is 0 Å². The first-order chi connectivity index (χ1) is 8.82. The van der Waals surface area contributed by atoms with Crippen LogP contribution in [0.1, 0.15) is 17.3 Å². The number of carbonyl (C=O) groups excluding carboxylic acids is 1. The number of carboxylic acids is 2. The predicted molar refractivity (Wildman–Crippen MR) is 68.0 cm³/mol. The quantitative estimate of drug-likeness (QED) is 0.700. The fraction of sp³-hybridized carbons (Fsp3) is 0.154. The Kier molecular flexibility index (Phi) is 4.41. The van der Waals surface area contributed by atoms with Crippen molar-refractivity contribution in [3.63, 3.8) is 0 Å². The molecule has 0 fully saturated rings. The van der Waals surface area contributed by atoms with Crippen molar-refractivity contribution in [2.75, 3.05) is 5.32 Å². The second-order valence-electron chi connectivity index (χ2n) is 3.92. The maximum atomic E-state index is 11.7. The van der Waals surface area contributed by atoms with Gasteiger partial charge < -0.3 is 15.5 Å². The number of benzene rings is 1. The minimum Gasteiger partial charge on any atom is -0.481 e. The van der Waals surface area contributed by atoms with Gasteiger partial charge in [-0.2, -0.15) is 0 Å². The molecular formula is C13H13NO5. The molecule has 0 aromatic heterocycles. The number of hydrogen-bond donors (Lipinski definition) is 3. The van der Waals surface area contributed by atoms with E-state index in [-0.39, 0.29) is 11.1 Å². The zero-order chi connectivity index (χ0) is 14.6. The van der Waals surface area contributed by atoms with Gasteiger partial charge >= 0.3 is 11.9 Å². The molecule has 1 atom stereocenters. The molecule has 1 unspecified atom stereocenters. The molecule has 100 valence electrons. The molecule has 0 saturated carbocycles. The third kappa shape index (κ3) is 3.67. The highest BCUT2D eigenvalue weighted by atomic mass is 16.4. The fourth-order valence-corrected chi connectivity index (χ4v) is 1.25. The lowest BCUT2D eigenvalue weighted by Gasteiger charge is -2.10. The van der Waals surface area contributed by atoms with E-state index in [1.807, 2.05) is 0 Å². The highest BCUT2D eigenvalue weighted by molar-refractivity contribution is 6.06. The molecule has 0 aliphatic rings. The summed E-state index contributed by atoms with van der Waals surface area (Å²) in [7, 11) is 0. The number of nitrogens with one attached hydrogen (secondary N) is 1. The van der Waals surface area contributed by atoms with Crippen LogP contribution in [-0.4, -0.2) is 28.1 Å². The minimum atomic E-state index is -1.14. The Morgan fingerprint density at radius 2 is 1.68 bits per heavy atom. The number of rotatable bonds is 5. The van der Waals surface area contributed by atoms with E-state index in [4.69, 9.17) is 10.2 Å². The van der Waals surface area contributed by atoms with Gasteiger partial charge in [-0.1, -0.05) is 6.58 Å². The van der Waals surface area contributed by atoms with E-state index in [2.05, 4.69) is 11.9 Å². The van der Waals surface area contributed by atoms with E-state index in [1.165, 1.54) is 31.2 Å². The summed E-state index contributed by atoms with van der Waals surface area (Å²) in [6.45, 7) is 4.79. The lowest BCUT2D eigenvalue weighted by atomic mass is 10.0. The lowest BCUT2D eigenvalue weighted by Crippen LogP contribution is -2.23. The van der Waals surface area contributed by atoms with Gasteiger partial charge in [-0.3, -0.25) is 9.59 Å². The van der Waals surface area contributed by atoms with Crippen LogP contribution in [-0.2, 0) is 9.59 Å². The maximum absolute atomic E-state index is 11.7. The molecule has 0 saturated heterocycles. The van der Waals surface area contributed by atoms with E-state index in [9.17, 15) is 14.4 Å². The Labute approximate surface area is 109 Å². The highest BCUT2D eigenvalue weighted by Crippen LogP contribution is 2.14. The van der Waals surface area contributed by atoms with Crippen LogP contribution < -0.4 is 5.32 Å². The van der Waals surface area contributed by atoms with E-state index < -0.39 is 23.8 Å². The summed E-state index contributed by atoms with van der Waals surface area (Å²) in [5.74, 6) is -3.81. The molecule has 0 aliphatic carbocycles. The number of anilines is 1. The smallest absolute Gasteiger partial charge is 0.335 e. The molecule has 6 nitrogen and oxygen atoms in total. The first kappa shape index (κ1) is 14.4. The van der Waals surface area contributed by atoms with E-state index in [0.717, 1.165) is 0 Å². The minimum absolute atomic E-state index is 0.0742. The van der Waals surface area contributed by atoms with Crippen molar-refractivity contribution in [3.8, 4) is 0 Å². The lowest BCUT2D eigenvalue weighted by molar-refractivity contribution is -0.140. The third-order valence-corrected chi connectivity index (χ3v) is 2.57. The van der Waals surface area contributed by atoms with Gasteiger partial charge in [0.1, 0.15) is 0 Å². The van der Waals surface area contributed by atoms with Crippen molar-refractivity contribution in [1.29, 1.82) is 0 Å². The van der Waals surface area contributed by atoms with Crippen LogP contribution in [0.2, 0.25) is 0 Å². The van der Waals surface area contributed by atoms with Crippen molar-refractivity contribution in [1.82, 2.24) is 0 Å². The van der Waals surface area contributed by atoms with Crippen molar-refractivity contribution in [3.05, 3.63) is 42.0 Å². The molecule has 0 radical (unpaired) electrons. The molecular weight excluding hydrogens is 250 g/mol. The first-order valence-corrected chi connectivity index (χ1v) is 5.39. The van der Waals surface area contributed by atoms with Crippen LogP contribution in [0.5, 0.6) is 0 Å². The Hall–Kier alpha value is -2.63. The number of hydrogen-bond acceptors (Lipinski definition) is 3. The zero-order valence-electron chi connectivity index (χ0n) is 10.2. The van der Waals surface area contributed by atoms with Gasteiger partial charge in [-0.25, -0.2) is 4.79 Å². The second-order valence-corrected chi connectivity index (χ2v) is 3.92. The number of amides is 1. The molecule has 0 heterocycles. The topological polar surface area (TPSA) is 104 Å². The van der Waals surface area contributed by atoms with Crippen LogP contribution in [0, 0.1) is 5.92 Å². The Morgan fingerprint density at radius 3 is 2.11 bits per heavy atom. The number of aromatic carboxylic acids is 1. The maximum Gasteiger partial charge on any atom is 0.335 e. The SMILES string of the molecule is C=C(C(=O)Nc1ccc(C(=O)O)cc1)C(C)C(=O)O. The van der Waals surface area contributed by atoms with Gasteiger partial charge in [0.2, 0.25) is 0 Å². The molecule has 19 heavy (non-hydrogen) atoms. The van der Waals surface area contributed by atoms with Crippen LogP contribution in [0.3, 0.4) is 0 Å². The van der Waals surface area contributed by atoms with Crippen molar-refractivity contribution in [2.24, 2.45) is 5.92 Å². The monoisotopic (exact) mass is 263 g/mol. The summed E-state index contributed by atoms with van der Waals surface area (Å²) in [6.07, 6.45) is 0. The molecule has 6 heteroatoms. The fourth-order valence-electron chi connectivity index (χ4n) is 1.25. The Bertz CT molecular complexity index is 532. The van der Waals surface area contributed by atoms with Crippen molar-refractivity contribution in [2.45, 2.75) is 6.92 Å². The van der Waals surface area contributed by atoms with E-state index in [1.54, 1.807) is 0 Å². The van der Waals surface area contributed by atoms with Crippen LogP contribution in [0.4, 0.5) is 5.69 Å². The molecule has 0 bridgehead atoms. The summed E-state index contributed by atoms with van der Waals surface area (Å²) in [6, 6.07) is 5.50. The van der Waals surface area contributed by atoms with Gasteiger partial charge in [-0.05, 0) is 31.2 Å². The molecule has 1 rings (SSSR count). The van der Waals surface area contributed by atoms with E-state index >= 15 is 0 Å². The molecule has 1 aromatic carbocycles. The molecule has 3 N–H and O–H groups in total.